The number of aryl methyl sites for hydroxylation is 2. The Balaban J connectivity index is 1.74. The Morgan fingerprint density at radius 3 is 2.44 bits per heavy atom. The number of anilines is 2. The van der Waals surface area contributed by atoms with E-state index in [0.29, 0.717) is 11.6 Å². The number of aromatic nitrogens is 2. The second-order valence-corrected chi connectivity index (χ2v) is 6.38. The summed E-state index contributed by atoms with van der Waals surface area (Å²) in [4.78, 5) is 25.6. The van der Waals surface area contributed by atoms with Crippen LogP contribution < -0.4 is 5.32 Å². The molecular weight excluding hydrogens is 314 g/mol. The van der Waals surface area contributed by atoms with Gasteiger partial charge in [-0.1, -0.05) is 25.1 Å². The van der Waals surface area contributed by atoms with Crippen LogP contribution in [-0.4, -0.2) is 58.4 Å². The van der Waals surface area contributed by atoms with Gasteiger partial charge >= 0.3 is 0 Å². The number of nitrogens with zero attached hydrogens (tertiary/aromatic N) is 4. The summed E-state index contributed by atoms with van der Waals surface area (Å²) in [5.41, 5.74) is 3.67. The zero-order valence-electron chi connectivity index (χ0n) is 15.1. The molecule has 25 heavy (non-hydrogen) atoms. The van der Waals surface area contributed by atoms with E-state index in [1.165, 1.54) is 0 Å². The van der Waals surface area contributed by atoms with Gasteiger partial charge in [-0.2, -0.15) is 0 Å². The van der Waals surface area contributed by atoms with E-state index in [-0.39, 0.29) is 5.91 Å². The van der Waals surface area contributed by atoms with Gasteiger partial charge in [-0.25, -0.2) is 9.97 Å². The monoisotopic (exact) mass is 339 g/mol. The van der Waals surface area contributed by atoms with Crippen molar-refractivity contribution in [2.45, 2.75) is 20.8 Å². The maximum atomic E-state index is 12.7. The van der Waals surface area contributed by atoms with Crippen molar-refractivity contribution in [3.8, 4) is 0 Å². The molecular formula is C19H25N5O. The Morgan fingerprint density at radius 1 is 1.12 bits per heavy atom. The highest BCUT2D eigenvalue weighted by Gasteiger charge is 2.22. The molecule has 0 aliphatic carbocycles. The van der Waals surface area contributed by atoms with Crippen molar-refractivity contribution >= 4 is 17.5 Å². The number of amides is 1. The molecule has 1 aliphatic rings. The predicted molar refractivity (Wildman–Crippen MR) is 99.2 cm³/mol. The number of carbonyl (C=O) groups is 1. The molecule has 1 aliphatic heterocycles. The third-order valence-electron chi connectivity index (χ3n) is 4.70. The molecule has 0 bridgehead atoms. The smallest absolute Gasteiger partial charge is 0.272 e. The molecule has 0 atom stereocenters. The molecule has 1 aromatic heterocycles. The number of hydrogen-bond donors (Lipinski definition) is 1. The number of piperazine rings is 1. The molecule has 0 saturated carbocycles. The third kappa shape index (κ3) is 3.96. The number of benzene rings is 1. The molecule has 1 fully saturated rings. The van der Waals surface area contributed by atoms with Gasteiger partial charge in [0.15, 0.2) is 0 Å². The molecule has 132 valence electrons. The van der Waals surface area contributed by atoms with Crippen LogP contribution in [0.5, 0.6) is 0 Å². The van der Waals surface area contributed by atoms with Crippen molar-refractivity contribution < 1.29 is 4.79 Å². The number of hydrogen-bond acceptors (Lipinski definition) is 5. The van der Waals surface area contributed by atoms with E-state index in [1.54, 1.807) is 12.3 Å². The van der Waals surface area contributed by atoms with Gasteiger partial charge in [0.25, 0.3) is 5.91 Å². The Morgan fingerprint density at radius 2 is 1.80 bits per heavy atom. The molecule has 1 saturated heterocycles. The van der Waals surface area contributed by atoms with Crippen LogP contribution in [0.25, 0.3) is 0 Å². The third-order valence-corrected chi connectivity index (χ3v) is 4.70. The Hall–Kier alpha value is -2.47. The largest absolute Gasteiger partial charge is 0.335 e. The molecule has 0 unspecified atom stereocenters. The molecule has 0 radical (unpaired) electrons. The zero-order chi connectivity index (χ0) is 17.8. The fourth-order valence-electron chi connectivity index (χ4n) is 3.09. The highest BCUT2D eigenvalue weighted by atomic mass is 16.2. The molecule has 6 heteroatoms. The van der Waals surface area contributed by atoms with E-state index in [0.717, 1.165) is 49.5 Å². The summed E-state index contributed by atoms with van der Waals surface area (Å²) in [5, 5.41) is 3.25. The van der Waals surface area contributed by atoms with E-state index in [4.69, 9.17) is 0 Å². The first kappa shape index (κ1) is 17.4. The molecule has 0 spiro atoms. The first-order chi connectivity index (χ1) is 12.1. The van der Waals surface area contributed by atoms with E-state index < -0.39 is 0 Å². The summed E-state index contributed by atoms with van der Waals surface area (Å²) < 4.78 is 0. The van der Waals surface area contributed by atoms with Crippen LogP contribution in [0.15, 0.2) is 30.5 Å². The number of likely N-dealkylation sites (N-methyl/N-ethyl adjacent to an activating group) is 1. The summed E-state index contributed by atoms with van der Waals surface area (Å²) >= 11 is 0. The average Bonchev–Trinajstić information content (AvgIpc) is 2.64. The van der Waals surface area contributed by atoms with Crippen molar-refractivity contribution in [3.05, 3.63) is 47.3 Å². The summed E-state index contributed by atoms with van der Waals surface area (Å²) in [6.45, 7) is 10.6. The van der Waals surface area contributed by atoms with Crippen LogP contribution in [0, 0.1) is 13.8 Å². The van der Waals surface area contributed by atoms with Gasteiger partial charge in [0.1, 0.15) is 5.69 Å². The maximum absolute atomic E-state index is 12.7. The van der Waals surface area contributed by atoms with Gasteiger partial charge in [-0.15, -0.1) is 0 Å². The molecule has 1 aromatic carbocycles. The predicted octanol–water partition coefficient (Wildman–Crippen LogP) is 2.61. The summed E-state index contributed by atoms with van der Waals surface area (Å²) in [6.07, 6.45) is 1.64. The normalized spacial score (nSPS) is 15.2. The highest BCUT2D eigenvalue weighted by molar-refractivity contribution is 5.92. The highest BCUT2D eigenvalue weighted by Crippen LogP contribution is 2.22. The second-order valence-electron chi connectivity index (χ2n) is 6.38. The summed E-state index contributed by atoms with van der Waals surface area (Å²) in [5.74, 6) is 0.429. The van der Waals surface area contributed by atoms with Crippen LogP contribution >= 0.6 is 0 Å². The molecule has 3 rings (SSSR count). The minimum Gasteiger partial charge on any atom is -0.335 e. The molecule has 2 aromatic rings. The van der Waals surface area contributed by atoms with Crippen LogP contribution in [0.4, 0.5) is 11.6 Å². The first-order valence-electron chi connectivity index (χ1n) is 8.76. The van der Waals surface area contributed by atoms with Gasteiger partial charge in [0.05, 0.1) is 0 Å². The van der Waals surface area contributed by atoms with Crippen LogP contribution in [0.3, 0.4) is 0 Å². The van der Waals surface area contributed by atoms with E-state index in [1.807, 2.05) is 36.9 Å². The Bertz CT molecular complexity index is 733. The van der Waals surface area contributed by atoms with Gasteiger partial charge in [-0.05, 0) is 37.6 Å². The summed E-state index contributed by atoms with van der Waals surface area (Å²) in [6, 6.07) is 7.78. The fraction of sp³-hybridized carbons (Fsp3) is 0.421. The van der Waals surface area contributed by atoms with Crippen LogP contribution in [-0.2, 0) is 0 Å². The van der Waals surface area contributed by atoms with Crippen LogP contribution in [0.2, 0.25) is 0 Å². The van der Waals surface area contributed by atoms with Crippen molar-refractivity contribution in [1.29, 1.82) is 0 Å². The number of carbonyl (C=O) groups excluding carboxylic acids is 1. The van der Waals surface area contributed by atoms with Gasteiger partial charge in [0.2, 0.25) is 5.95 Å². The van der Waals surface area contributed by atoms with Crippen molar-refractivity contribution in [2.24, 2.45) is 0 Å². The fourth-order valence-corrected chi connectivity index (χ4v) is 3.09. The minimum atomic E-state index is -0.0253. The quantitative estimate of drug-likeness (QED) is 0.928. The molecule has 1 N–H and O–H groups in total. The van der Waals surface area contributed by atoms with Crippen LogP contribution in [0.1, 0.15) is 28.5 Å². The van der Waals surface area contributed by atoms with Crippen molar-refractivity contribution in [1.82, 2.24) is 19.8 Å². The average molecular weight is 339 g/mol. The zero-order valence-corrected chi connectivity index (χ0v) is 15.1. The summed E-state index contributed by atoms with van der Waals surface area (Å²) in [7, 11) is 0. The lowest BCUT2D eigenvalue weighted by atomic mass is 10.1. The van der Waals surface area contributed by atoms with Gasteiger partial charge < -0.3 is 15.1 Å². The second kappa shape index (κ2) is 7.61. The standard InChI is InChI=1S/C19H25N5O/c1-4-23-10-12-24(13-11-23)18(25)16-8-9-20-19(21-16)22-17-14(2)6-5-7-15(17)3/h5-9H,4,10-13H2,1-3H3,(H,20,21,22). The lowest BCUT2D eigenvalue weighted by molar-refractivity contribution is 0.0637. The number of rotatable bonds is 4. The molecule has 1 amide bonds. The minimum absolute atomic E-state index is 0.0253. The molecule has 6 nitrogen and oxygen atoms in total. The van der Waals surface area contributed by atoms with Crippen molar-refractivity contribution in [2.75, 3.05) is 38.0 Å². The Kier molecular flexibility index (Phi) is 5.28. The molecule has 2 heterocycles. The van der Waals surface area contributed by atoms with E-state index in [2.05, 4.69) is 27.1 Å². The Labute approximate surface area is 148 Å². The lowest BCUT2D eigenvalue weighted by Gasteiger charge is -2.33. The maximum Gasteiger partial charge on any atom is 0.272 e. The van der Waals surface area contributed by atoms with Gasteiger partial charge in [0, 0.05) is 38.1 Å². The SMILES string of the molecule is CCN1CCN(C(=O)c2ccnc(Nc3c(C)cccc3C)n2)CC1. The van der Waals surface area contributed by atoms with Gasteiger partial charge in [-0.3, -0.25) is 4.79 Å². The topological polar surface area (TPSA) is 61.4 Å². The van der Waals surface area contributed by atoms with Crippen molar-refractivity contribution in [3.63, 3.8) is 0 Å². The lowest BCUT2D eigenvalue weighted by Crippen LogP contribution is -2.48. The van der Waals surface area contributed by atoms with E-state index in [9.17, 15) is 4.79 Å². The number of para-hydroxylation sites is 1. The van der Waals surface area contributed by atoms with E-state index >= 15 is 0 Å². The first-order valence-corrected chi connectivity index (χ1v) is 8.76. The number of nitrogens with one attached hydrogen (secondary N) is 1.